The lowest BCUT2D eigenvalue weighted by atomic mass is 9.95. The van der Waals surface area contributed by atoms with E-state index in [4.69, 9.17) is 4.74 Å². The van der Waals surface area contributed by atoms with Crippen LogP contribution in [0.2, 0.25) is 0 Å². The van der Waals surface area contributed by atoms with Gasteiger partial charge in [0.2, 0.25) is 6.29 Å². The summed E-state index contributed by atoms with van der Waals surface area (Å²) in [5, 5.41) is 9.51. The molecular formula is C14H13F2NO3. The fraction of sp³-hybridized carbons (Fsp3) is 0.357. The van der Waals surface area contributed by atoms with Gasteiger partial charge < -0.3 is 14.7 Å². The number of allylic oxidation sites excluding steroid dienone is 1. The number of aliphatic hydroxyl groups is 1. The maximum Gasteiger partial charge on any atom is 0.284 e. The Bertz CT molecular complexity index is 588. The standard InChI is InChI=1S/C14H13F2NO3/c15-10-5-4-8(6-11(10)16)12-3-1-2-9-7-20-14(19)13(18)17(9)12/h2,4-6,12,14,19H,1,3,7H2/t12-,14?/m0/s1. The summed E-state index contributed by atoms with van der Waals surface area (Å²) in [7, 11) is 0. The molecule has 0 aromatic heterocycles. The Morgan fingerprint density at radius 2 is 2.10 bits per heavy atom. The van der Waals surface area contributed by atoms with Crippen molar-refractivity contribution in [2.24, 2.45) is 0 Å². The van der Waals surface area contributed by atoms with Crippen LogP contribution in [0.5, 0.6) is 0 Å². The van der Waals surface area contributed by atoms with Crippen LogP contribution in [-0.2, 0) is 9.53 Å². The second-order valence-electron chi connectivity index (χ2n) is 4.83. The summed E-state index contributed by atoms with van der Waals surface area (Å²) in [5.74, 6) is -2.44. The maximum absolute atomic E-state index is 13.4. The van der Waals surface area contributed by atoms with Crippen molar-refractivity contribution < 1.29 is 23.4 Å². The molecular weight excluding hydrogens is 268 g/mol. The third-order valence-electron chi connectivity index (χ3n) is 3.61. The van der Waals surface area contributed by atoms with E-state index in [9.17, 15) is 18.7 Å². The Balaban J connectivity index is 1.98. The van der Waals surface area contributed by atoms with E-state index in [0.29, 0.717) is 24.1 Å². The molecule has 2 heterocycles. The van der Waals surface area contributed by atoms with Gasteiger partial charge in [-0.15, -0.1) is 0 Å². The average Bonchev–Trinajstić information content (AvgIpc) is 2.45. The van der Waals surface area contributed by atoms with Crippen LogP contribution in [0.1, 0.15) is 24.4 Å². The van der Waals surface area contributed by atoms with Crippen LogP contribution >= 0.6 is 0 Å². The van der Waals surface area contributed by atoms with E-state index in [2.05, 4.69) is 0 Å². The van der Waals surface area contributed by atoms with Crippen LogP contribution < -0.4 is 0 Å². The largest absolute Gasteiger partial charge is 0.360 e. The summed E-state index contributed by atoms with van der Waals surface area (Å²) >= 11 is 0. The Morgan fingerprint density at radius 3 is 2.85 bits per heavy atom. The number of amides is 1. The number of halogens is 2. The molecule has 1 aromatic carbocycles. The number of morpholine rings is 1. The first-order valence-electron chi connectivity index (χ1n) is 6.34. The van der Waals surface area contributed by atoms with E-state index in [0.717, 1.165) is 12.1 Å². The summed E-state index contributed by atoms with van der Waals surface area (Å²) < 4.78 is 31.3. The van der Waals surface area contributed by atoms with E-state index >= 15 is 0 Å². The van der Waals surface area contributed by atoms with E-state index in [1.807, 2.05) is 6.08 Å². The summed E-state index contributed by atoms with van der Waals surface area (Å²) in [4.78, 5) is 13.5. The molecule has 1 amide bonds. The van der Waals surface area contributed by atoms with E-state index < -0.39 is 29.9 Å². The van der Waals surface area contributed by atoms with Crippen LogP contribution in [-0.4, -0.2) is 28.8 Å². The molecule has 3 rings (SSSR count). The highest BCUT2D eigenvalue weighted by molar-refractivity contribution is 5.82. The van der Waals surface area contributed by atoms with E-state index in [1.165, 1.54) is 11.0 Å². The number of aliphatic hydroxyl groups excluding tert-OH is 1. The highest BCUT2D eigenvalue weighted by atomic mass is 19.2. The van der Waals surface area contributed by atoms with Crippen LogP contribution in [0, 0.1) is 11.6 Å². The quantitative estimate of drug-likeness (QED) is 0.855. The van der Waals surface area contributed by atoms with E-state index in [1.54, 1.807) is 0 Å². The van der Waals surface area contributed by atoms with Gasteiger partial charge in [0.25, 0.3) is 5.91 Å². The predicted octanol–water partition coefficient (Wildman–Crippen LogP) is 1.86. The van der Waals surface area contributed by atoms with Gasteiger partial charge in [0.15, 0.2) is 11.6 Å². The summed E-state index contributed by atoms with van der Waals surface area (Å²) in [5.41, 5.74) is 1.17. The Kier molecular flexibility index (Phi) is 3.27. The van der Waals surface area contributed by atoms with Crippen molar-refractivity contribution >= 4 is 5.91 Å². The lowest BCUT2D eigenvalue weighted by Crippen LogP contribution is -2.48. The van der Waals surface area contributed by atoms with E-state index in [-0.39, 0.29) is 6.61 Å². The lowest BCUT2D eigenvalue weighted by molar-refractivity contribution is -0.180. The molecule has 106 valence electrons. The Morgan fingerprint density at radius 1 is 1.30 bits per heavy atom. The van der Waals surface area contributed by atoms with Gasteiger partial charge in [0.1, 0.15) is 0 Å². The van der Waals surface area contributed by atoms with Crippen LogP contribution in [0.15, 0.2) is 30.0 Å². The minimum absolute atomic E-state index is 0.132. The molecule has 0 radical (unpaired) electrons. The average molecular weight is 281 g/mol. The Hall–Kier alpha value is -1.79. The Labute approximate surface area is 114 Å². The van der Waals surface area contributed by atoms with Gasteiger partial charge in [-0.05, 0) is 30.5 Å². The van der Waals surface area contributed by atoms with Gasteiger partial charge in [-0.3, -0.25) is 4.79 Å². The highest BCUT2D eigenvalue weighted by Crippen LogP contribution is 2.36. The number of benzene rings is 1. The van der Waals surface area contributed by atoms with Gasteiger partial charge in [-0.1, -0.05) is 12.1 Å². The number of fused-ring (bicyclic) bond motifs is 1. The maximum atomic E-state index is 13.4. The molecule has 1 saturated heterocycles. The smallest absolute Gasteiger partial charge is 0.284 e. The van der Waals surface area contributed by atoms with Crippen LogP contribution in [0.3, 0.4) is 0 Å². The van der Waals surface area contributed by atoms with Gasteiger partial charge in [0.05, 0.1) is 12.6 Å². The molecule has 0 spiro atoms. The second kappa shape index (κ2) is 4.96. The molecule has 2 aliphatic rings. The minimum Gasteiger partial charge on any atom is -0.360 e. The van der Waals surface area contributed by atoms with Gasteiger partial charge >= 0.3 is 0 Å². The molecule has 0 saturated carbocycles. The first kappa shape index (κ1) is 13.2. The van der Waals surface area contributed by atoms with Crippen molar-refractivity contribution in [2.45, 2.75) is 25.2 Å². The molecule has 1 aromatic rings. The normalized spacial score (nSPS) is 26.2. The first-order valence-corrected chi connectivity index (χ1v) is 6.34. The molecule has 0 bridgehead atoms. The highest BCUT2D eigenvalue weighted by Gasteiger charge is 2.38. The molecule has 6 heteroatoms. The topological polar surface area (TPSA) is 49.8 Å². The molecule has 0 aliphatic carbocycles. The van der Waals surface area contributed by atoms with Crippen molar-refractivity contribution in [1.82, 2.24) is 4.90 Å². The third kappa shape index (κ3) is 2.10. The van der Waals surface area contributed by atoms with Crippen molar-refractivity contribution in [3.05, 3.63) is 47.2 Å². The monoisotopic (exact) mass is 281 g/mol. The zero-order valence-electron chi connectivity index (χ0n) is 10.6. The number of carbonyl (C=O) groups is 1. The number of nitrogens with zero attached hydrogens (tertiary/aromatic N) is 1. The zero-order chi connectivity index (χ0) is 14.3. The third-order valence-corrected chi connectivity index (χ3v) is 3.61. The fourth-order valence-electron chi connectivity index (χ4n) is 2.65. The van der Waals surface area contributed by atoms with Gasteiger partial charge in [-0.2, -0.15) is 0 Å². The number of rotatable bonds is 1. The number of hydrogen-bond acceptors (Lipinski definition) is 3. The number of hydrogen-bond donors (Lipinski definition) is 1. The molecule has 4 nitrogen and oxygen atoms in total. The fourth-order valence-corrected chi connectivity index (χ4v) is 2.65. The van der Waals surface area contributed by atoms with Crippen molar-refractivity contribution in [1.29, 1.82) is 0 Å². The van der Waals surface area contributed by atoms with Gasteiger partial charge in [-0.25, -0.2) is 8.78 Å². The summed E-state index contributed by atoms with van der Waals surface area (Å²) in [6.07, 6.45) is 1.66. The summed E-state index contributed by atoms with van der Waals surface area (Å²) in [6, 6.07) is 3.19. The van der Waals surface area contributed by atoms with Crippen molar-refractivity contribution in [2.75, 3.05) is 6.61 Å². The molecule has 2 atom stereocenters. The second-order valence-corrected chi connectivity index (χ2v) is 4.83. The van der Waals surface area contributed by atoms with Crippen LogP contribution in [0.4, 0.5) is 8.78 Å². The number of ether oxygens (including phenoxy) is 1. The zero-order valence-corrected chi connectivity index (χ0v) is 10.6. The molecule has 20 heavy (non-hydrogen) atoms. The van der Waals surface area contributed by atoms with Crippen molar-refractivity contribution in [3.63, 3.8) is 0 Å². The molecule has 1 unspecified atom stereocenters. The van der Waals surface area contributed by atoms with Crippen LogP contribution in [0.25, 0.3) is 0 Å². The first-order chi connectivity index (χ1) is 9.58. The molecule has 1 fully saturated rings. The minimum atomic E-state index is -1.50. The molecule has 1 N–H and O–H groups in total. The predicted molar refractivity (Wildman–Crippen MR) is 65.2 cm³/mol. The molecule has 2 aliphatic heterocycles. The summed E-state index contributed by atoms with van der Waals surface area (Å²) in [6.45, 7) is 0.132. The lowest BCUT2D eigenvalue weighted by Gasteiger charge is -2.40. The number of carbonyl (C=O) groups excluding carboxylic acids is 1. The SMILES string of the molecule is O=C1C(O)OCC2=CCC[C@@H](c3ccc(F)c(F)c3)N12. The van der Waals surface area contributed by atoms with Gasteiger partial charge in [0, 0.05) is 5.70 Å². The van der Waals surface area contributed by atoms with Crippen molar-refractivity contribution in [3.8, 4) is 0 Å².